The highest BCUT2D eigenvalue weighted by Crippen LogP contribution is 2.33. The zero-order valence-electron chi connectivity index (χ0n) is 23.9. The molecule has 0 saturated carbocycles. The first-order chi connectivity index (χ1) is 20.1. The highest BCUT2D eigenvalue weighted by molar-refractivity contribution is 5.94. The summed E-state index contributed by atoms with van der Waals surface area (Å²) in [6.45, 7) is -0.106. The maximum atomic E-state index is 15.1. The van der Waals surface area contributed by atoms with E-state index in [0.29, 0.717) is 30.7 Å². The quantitative estimate of drug-likeness (QED) is 0.391. The van der Waals surface area contributed by atoms with Crippen molar-refractivity contribution in [2.75, 3.05) is 38.1 Å². The van der Waals surface area contributed by atoms with Gasteiger partial charge >= 0.3 is 6.01 Å². The van der Waals surface area contributed by atoms with Crippen molar-refractivity contribution in [3.63, 3.8) is 0 Å². The number of fused-ring (bicyclic) bond motifs is 4. The number of nitrogens with one attached hydrogen (secondary N) is 1. The molecule has 0 spiro atoms. The number of ether oxygens (including phenoxy) is 1. The Labute approximate surface area is 231 Å². The van der Waals surface area contributed by atoms with Gasteiger partial charge in [0.2, 0.25) is 0 Å². The number of benzene rings is 2. The van der Waals surface area contributed by atoms with Crippen LogP contribution in [0.2, 0.25) is 0 Å². The first-order valence-electron chi connectivity index (χ1n) is 14.5. The maximum Gasteiger partial charge on any atom is 0.319 e. The van der Waals surface area contributed by atoms with Crippen LogP contribution in [-0.4, -0.2) is 75.9 Å². The molecule has 3 fully saturated rings. The van der Waals surface area contributed by atoms with Gasteiger partial charge < -0.3 is 25.0 Å². The Balaban J connectivity index is 1.42. The molecule has 0 aliphatic carbocycles. The number of likely N-dealkylation sites (tertiary alicyclic amines) is 1. The summed E-state index contributed by atoms with van der Waals surface area (Å²) in [4.78, 5) is 27.1. The average molecular weight is 551 g/mol. The largest absolute Gasteiger partial charge is 0.508 e. The summed E-state index contributed by atoms with van der Waals surface area (Å²) in [5.41, 5.74) is -0.792. The highest BCUT2D eigenvalue weighted by atomic mass is 19.2. The van der Waals surface area contributed by atoms with Crippen molar-refractivity contribution in [3.8, 4) is 17.4 Å². The summed E-state index contributed by atoms with van der Waals surface area (Å²) in [6.07, 6.45) is 4.90. The first kappa shape index (κ1) is 22.9. The fraction of sp³-hybridized carbons (Fsp3) is 0.414. The zero-order chi connectivity index (χ0) is 29.3. The summed E-state index contributed by atoms with van der Waals surface area (Å²) in [6, 6.07) is 6.13. The molecule has 3 aliphatic rings. The SMILES string of the molecule is [2H]C([2H])(Oc1nc(N2C[C@H]3CC[C@@H](C2)N3)c2ccn(-c3cc(O)cc4ccc(F)c(F)c34)c(=O)c2n1)[C@@H]1CCCN1C. The summed E-state index contributed by atoms with van der Waals surface area (Å²) >= 11 is 0. The van der Waals surface area contributed by atoms with E-state index < -0.39 is 29.8 Å². The number of aromatic hydroxyl groups is 1. The number of phenolic OH excluding ortho intramolecular Hbond substituents is 1. The number of hydrogen-bond acceptors (Lipinski definition) is 8. The number of anilines is 1. The van der Waals surface area contributed by atoms with Crippen LogP contribution in [-0.2, 0) is 0 Å². The lowest BCUT2D eigenvalue weighted by Crippen LogP contribution is -2.51. The van der Waals surface area contributed by atoms with Crippen LogP contribution >= 0.6 is 0 Å². The van der Waals surface area contributed by atoms with Crippen LogP contribution in [0.15, 0.2) is 41.3 Å². The minimum atomic E-state index is -2.13. The van der Waals surface area contributed by atoms with Crippen LogP contribution in [0.4, 0.5) is 14.6 Å². The van der Waals surface area contributed by atoms with Gasteiger partial charge in [-0.05, 0) is 62.9 Å². The van der Waals surface area contributed by atoms with Crippen LogP contribution in [0.25, 0.3) is 27.4 Å². The van der Waals surface area contributed by atoms with Crippen LogP contribution in [0, 0.1) is 11.6 Å². The van der Waals surface area contributed by atoms with Crippen molar-refractivity contribution < 1.29 is 21.4 Å². The Morgan fingerprint density at radius 2 is 1.95 bits per heavy atom. The van der Waals surface area contributed by atoms with Gasteiger partial charge in [-0.3, -0.25) is 9.36 Å². The van der Waals surface area contributed by atoms with Gasteiger partial charge in [-0.25, -0.2) is 8.78 Å². The lowest BCUT2D eigenvalue weighted by atomic mass is 10.1. The third kappa shape index (κ3) is 4.24. The van der Waals surface area contributed by atoms with E-state index in [4.69, 9.17) is 7.48 Å². The monoisotopic (exact) mass is 550 g/mol. The molecule has 3 saturated heterocycles. The molecule has 2 aromatic carbocycles. The Morgan fingerprint density at radius 3 is 2.70 bits per heavy atom. The summed E-state index contributed by atoms with van der Waals surface area (Å²) in [5.74, 6) is -2.01. The third-order valence-electron chi connectivity index (χ3n) is 8.27. The molecule has 0 radical (unpaired) electrons. The van der Waals surface area contributed by atoms with Gasteiger partial charge in [-0.1, -0.05) is 6.07 Å². The molecule has 4 aromatic rings. The normalized spacial score (nSPS) is 24.1. The number of rotatable bonds is 5. The topological polar surface area (TPSA) is 95.8 Å². The van der Waals surface area contributed by atoms with Gasteiger partial charge in [0.05, 0.1) is 13.8 Å². The van der Waals surface area contributed by atoms with Gasteiger partial charge in [0.25, 0.3) is 5.56 Å². The number of piperazine rings is 1. The van der Waals surface area contributed by atoms with Gasteiger partial charge in [0.1, 0.15) is 23.6 Å². The van der Waals surface area contributed by atoms with Gasteiger partial charge in [-0.15, -0.1) is 0 Å². The lowest BCUT2D eigenvalue weighted by Gasteiger charge is -2.34. The predicted octanol–water partition coefficient (Wildman–Crippen LogP) is 3.33. The van der Waals surface area contributed by atoms with Crippen molar-refractivity contribution in [3.05, 3.63) is 58.5 Å². The molecule has 3 aliphatic heterocycles. The van der Waals surface area contributed by atoms with Crippen molar-refractivity contribution >= 4 is 27.5 Å². The maximum absolute atomic E-state index is 15.1. The molecule has 9 nitrogen and oxygen atoms in total. The van der Waals surface area contributed by atoms with E-state index >= 15 is 4.39 Å². The van der Waals surface area contributed by atoms with E-state index in [1.165, 1.54) is 24.4 Å². The minimum Gasteiger partial charge on any atom is -0.508 e. The predicted molar refractivity (Wildman–Crippen MR) is 148 cm³/mol. The minimum absolute atomic E-state index is 0.0559. The lowest BCUT2D eigenvalue weighted by molar-refractivity contribution is 0.188. The molecule has 40 heavy (non-hydrogen) atoms. The van der Waals surface area contributed by atoms with E-state index in [0.717, 1.165) is 36.4 Å². The fourth-order valence-electron chi connectivity index (χ4n) is 6.26. The third-order valence-corrected chi connectivity index (χ3v) is 8.27. The number of phenols is 1. The van der Waals surface area contributed by atoms with E-state index in [-0.39, 0.29) is 45.8 Å². The standard InChI is InChI=1S/C29H30F2N6O3/c1-35-9-2-3-19(35)15-40-29-33-26-21(27(34-29)36-13-17-5-6-18(14-36)32-17)8-10-37(28(26)39)23-12-20(38)11-16-4-7-22(30)25(31)24(16)23/h4,7-8,10-12,17-19,32,38H,2-3,5-6,9,13-15H2,1H3/t17-,18+,19-/m0/s1/i15D2. The van der Waals surface area contributed by atoms with Crippen LogP contribution in [0.1, 0.15) is 28.4 Å². The van der Waals surface area contributed by atoms with E-state index in [1.54, 1.807) is 6.07 Å². The number of hydrogen-bond donors (Lipinski definition) is 2. The summed E-state index contributed by atoms with van der Waals surface area (Å²) < 4.78 is 53.6. The van der Waals surface area contributed by atoms with Crippen molar-refractivity contribution in [2.24, 2.45) is 0 Å². The van der Waals surface area contributed by atoms with Crippen LogP contribution in [0.5, 0.6) is 11.8 Å². The molecular weight excluding hydrogens is 518 g/mol. The molecule has 2 bridgehead atoms. The second-order valence-electron chi connectivity index (χ2n) is 10.9. The second kappa shape index (κ2) is 9.67. The van der Waals surface area contributed by atoms with E-state index in [9.17, 15) is 14.3 Å². The molecule has 2 aromatic heterocycles. The smallest absolute Gasteiger partial charge is 0.319 e. The highest BCUT2D eigenvalue weighted by Gasteiger charge is 2.34. The molecule has 0 amide bonds. The van der Waals surface area contributed by atoms with Crippen LogP contribution in [0.3, 0.4) is 0 Å². The van der Waals surface area contributed by atoms with Crippen molar-refractivity contribution in [2.45, 2.75) is 43.8 Å². The number of nitrogens with zero attached hydrogens (tertiary/aromatic N) is 5. The molecule has 2 N–H and O–H groups in total. The zero-order valence-corrected chi connectivity index (χ0v) is 21.9. The first-order valence-corrected chi connectivity index (χ1v) is 13.5. The number of pyridine rings is 1. The molecule has 0 unspecified atom stereocenters. The van der Waals surface area contributed by atoms with E-state index in [2.05, 4.69) is 20.2 Å². The van der Waals surface area contributed by atoms with Crippen molar-refractivity contribution in [1.29, 1.82) is 0 Å². The van der Waals surface area contributed by atoms with Crippen LogP contribution < -0.4 is 20.5 Å². The molecular formula is C29H30F2N6O3. The second-order valence-corrected chi connectivity index (χ2v) is 10.9. The average Bonchev–Trinajstić information content (AvgIpc) is 3.54. The number of aromatic nitrogens is 3. The molecule has 11 heteroatoms. The summed E-state index contributed by atoms with van der Waals surface area (Å²) in [7, 11) is 1.84. The van der Waals surface area contributed by atoms with Gasteiger partial charge in [0, 0.05) is 48.9 Å². The molecule has 5 heterocycles. The van der Waals surface area contributed by atoms with E-state index in [1.807, 2.05) is 11.9 Å². The Morgan fingerprint density at radius 1 is 1.15 bits per heavy atom. The summed E-state index contributed by atoms with van der Waals surface area (Å²) in [5, 5.41) is 14.4. The van der Waals surface area contributed by atoms with Gasteiger partial charge in [0.15, 0.2) is 11.6 Å². The van der Waals surface area contributed by atoms with Crippen molar-refractivity contribution in [1.82, 2.24) is 24.8 Å². The Bertz CT molecular complexity index is 1770. The molecule has 208 valence electrons. The molecule has 3 atom stereocenters. The fourth-order valence-corrected chi connectivity index (χ4v) is 6.26. The Hall–Kier alpha value is -3.83. The molecule has 7 rings (SSSR count). The number of likely N-dealkylation sites (N-methyl/N-ethyl adjacent to an activating group) is 1. The number of halogens is 2. The Kier molecular flexibility index (Phi) is 5.54. The van der Waals surface area contributed by atoms with Gasteiger partial charge in [-0.2, -0.15) is 9.97 Å².